The minimum atomic E-state index is 0.685. The third-order valence-corrected chi connectivity index (χ3v) is 5.75. The van der Waals surface area contributed by atoms with Crippen LogP contribution in [0, 0.1) is 12.8 Å². The van der Waals surface area contributed by atoms with Gasteiger partial charge in [-0.25, -0.2) is 4.98 Å². The number of hydrogen-bond donors (Lipinski definition) is 0. The van der Waals surface area contributed by atoms with Gasteiger partial charge in [0.1, 0.15) is 5.58 Å². The topological polar surface area (TPSA) is 38.9 Å². The van der Waals surface area contributed by atoms with Crippen LogP contribution in [0.5, 0.6) is 0 Å². The second kappa shape index (κ2) is 6.24. The fourth-order valence-electron chi connectivity index (χ4n) is 4.31. The van der Waals surface area contributed by atoms with Gasteiger partial charge < -0.3 is 4.42 Å². The summed E-state index contributed by atoms with van der Waals surface area (Å²) in [6, 6.07) is 12.5. The SMILES string of the molecule is Cc1cc(-c2cccc3c2oc2ncccc23)ncc1CC1CCCC1. The van der Waals surface area contributed by atoms with Gasteiger partial charge in [-0.15, -0.1) is 0 Å². The zero-order valence-corrected chi connectivity index (χ0v) is 15.0. The summed E-state index contributed by atoms with van der Waals surface area (Å²) >= 11 is 0. The molecule has 1 aliphatic rings. The maximum atomic E-state index is 6.06. The van der Waals surface area contributed by atoms with Gasteiger partial charge >= 0.3 is 0 Å². The van der Waals surface area contributed by atoms with Crippen LogP contribution in [0.4, 0.5) is 0 Å². The van der Waals surface area contributed by atoms with E-state index < -0.39 is 0 Å². The molecule has 0 radical (unpaired) electrons. The molecule has 1 fully saturated rings. The van der Waals surface area contributed by atoms with Crippen molar-refractivity contribution in [2.45, 2.75) is 39.0 Å². The van der Waals surface area contributed by atoms with E-state index in [0.29, 0.717) is 5.71 Å². The first-order valence-corrected chi connectivity index (χ1v) is 9.52. The number of benzene rings is 1. The highest BCUT2D eigenvalue weighted by molar-refractivity contribution is 6.08. The predicted octanol–water partition coefficient (Wildman–Crippen LogP) is 6.08. The predicted molar refractivity (Wildman–Crippen MR) is 105 cm³/mol. The van der Waals surface area contributed by atoms with E-state index >= 15 is 0 Å². The molecule has 3 nitrogen and oxygen atoms in total. The van der Waals surface area contributed by atoms with Gasteiger partial charge in [0.2, 0.25) is 5.71 Å². The minimum Gasteiger partial charge on any atom is -0.437 e. The second-order valence-electron chi connectivity index (χ2n) is 7.49. The van der Waals surface area contributed by atoms with E-state index in [2.05, 4.69) is 48.4 Å². The number of fused-ring (bicyclic) bond motifs is 3. The maximum absolute atomic E-state index is 6.06. The second-order valence-corrected chi connectivity index (χ2v) is 7.49. The van der Waals surface area contributed by atoms with Crippen molar-refractivity contribution in [1.29, 1.82) is 0 Å². The number of nitrogens with zero attached hydrogens (tertiary/aromatic N) is 2. The molecule has 3 heteroatoms. The molecule has 3 heterocycles. The van der Waals surface area contributed by atoms with Crippen molar-refractivity contribution in [1.82, 2.24) is 9.97 Å². The molecule has 0 N–H and O–H groups in total. The van der Waals surface area contributed by atoms with Gasteiger partial charge in [-0.1, -0.05) is 37.8 Å². The molecule has 0 saturated heterocycles. The van der Waals surface area contributed by atoms with Crippen LogP contribution < -0.4 is 0 Å². The normalized spacial score (nSPS) is 15.3. The smallest absolute Gasteiger partial charge is 0.227 e. The molecule has 5 rings (SSSR count). The van der Waals surface area contributed by atoms with Crippen LogP contribution in [0.15, 0.2) is 53.2 Å². The largest absolute Gasteiger partial charge is 0.437 e. The van der Waals surface area contributed by atoms with Gasteiger partial charge in [0, 0.05) is 28.7 Å². The number of rotatable bonds is 3. The summed E-state index contributed by atoms with van der Waals surface area (Å²) < 4.78 is 6.06. The Balaban J connectivity index is 1.58. The molecule has 1 aliphatic carbocycles. The molecule has 0 amide bonds. The van der Waals surface area contributed by atoms with Gasteiger partial charge in [-0.05, 0) is 54.7 Å². The summed E-state index contributed by atoms with van der Waals surface area (Å²) in [5, 5.41) is 2.15. The number of hydrogen-bond acceptors (Lipinski definition) is 3. The van der Waals surface area contributed by atoms with E-state index in [9.17, 15) is 0 Å². The van der Waals surface area contributed by atoms with E-state index in [-0.39, 0.29) is 0 Å². The zero-order valence-electron chi connectivity index (χ0n) is 15.0. The molecule has 3 aromatic heterocycles. The van der Waals surface area contributed by atoms with Crippen LogP contribution in [0.2, 0.25) is 0 Å². The van der Waals surface area contributed by atoms with E-state index in [4.69, 9.17) is 9.40 Å². The first-order chi connectivity index (χ1) is 12.8. The first-order valence-electron chi connectivity index (χ1n) is 9.52. The average molecular weight is 342 g/mol. The highest BCUT2D eigenvalue weighted by Crippen LogP contribution is 2.35. The van der Waals surface area contributed by atoms with Gasteiger partial charge in [0.25, 0.3) is 0 Å². The summed E-state index contributed by atoms with van der Waals surface area (Å²) in [5.74, 6) is 0.839. The molecule has 1 saturated carbocycles. The Bertz CT molecular complexity index is 1090. The van der Waals surface area contributed by atoms with Crippen molar-refractivity contribution in [2.75, 3.05) is 0 Å². The third-order valence-electron chi connectivity index (χ3n) is 5.75. The van der Waals surface area contributed by atoms with E-state index in [1.807, 2.05) is 6.07 Å². The van der Waals surface area contributed by atoms with Gasteiger partial charge in [0.15, 0.2) is 0 Å². The number of pyridine rings is 2. The molecule has 0 bridgehead atoms. The monoisotopic (exact) mass is 342 g/mol. The van der Waals surface area contributed by atoms with Crippen LogP contribution in [0.3, 0.4) is 0 Å². The van der Waals surface area contributed by atoms with Crippen molar-refractivity contribution in [3.63, 3.8) is 0 Å². The Hall–Kier alpha value is -2.68. The molecule has 0 spiro atoms. The number of aromatic nitrogens is 2. The average Bonchev–Trinajstić information content (AvgIpc) is 3.30. The highest BCUT2D eigenvalue weighted by atomic mass is 16.3. The van der Waals surface area contributed by atoms with Crippen molar-refractivity contribution < 1.29 is 4.42 Å². The molecule has 0 aliphatic heterocycles. The van der Waals surface area contributed by atoms with E-state index in [1.165, 1.54) is 36.8 Å². The first kappa shape index (κ1) is 15.6. The van der Waals surface area contributed by atoms with Crippen molar-refractivity contribution >= 4 is 22.1 Å². The zero-order chi connectivity index (χ0) is 17.5. The van der Waals surface area contributed by atoms with Crippen LogP contribution >= 0.6 is 0 Å². The van der Waals surface area contributed by atoms with Crippen LogP contribution in [0.25, 0.3) is 33.3 Å². The lowest BCUT2D eigenvalue weighted by molar-refractivity contribution is 0.544. The number of para-hydroxylation sites is 1. The van der Waals surface area contributed by atoms with Crippen LogP contribution in [0.1, 0.15) is 36.8 Å². The quantitative estimate of drug-likeness (QED) is 0.452. The highest BCUT2D eigenvalue weighted by Gasteiger charge is 2.18. The lowest BCUT2D eigenvalue weighted by atomic mass is 9.95. The molecule has 1 aromatic carbocycles. The number of aryl methyl sites for hydroxylation is 1. The fourth-order valence-corrected chi connectivity index (χ4v) is 4.31. The van der Waals surface area contributed by atoms with E-state index in [0.717, 1.165) is 40.0 Å². The Labute approximate surface area is 153 Å². The maximum Gasteiger partial charge on any atom is 0.227 e. The molecular formula is C23H22N2O. The van der Waals surface area contributed by atoms with Crippen LogP contribution in [-0.4, -0.2) is 9.97 Å². The summed E-state index contributed by atoms with van der Waals surface area (Å²) in [6.45, 7) is 2.20. The Morgan fingerprint density at radius 1 is 1.04 bits per heavy atom. The summed E-state index contributed by atoms with van der Waals surface area (Å²) in [7, 11) is 0. The fraction of sp³-hybridized carbons (Fsp3) is 0.304. The van der Waals surface area contributed by atoms with Gasteiger partial charge in [-0.3, -0.25) is 4.98 Å². The van der Waals surface area contributed by atoms with Crippen molar-refractivity contribution in [2.24, 2.45) is 5.92 Å². The lowest BCUT2D eigenvalue weighted by Crippen LogP contribution is -2.02. The third kappa shape index (κ3) is 2.59. The summed E-state index contributed by atoms with van der Waals surface area (Å²) in [5.41, 5.74) is 6.28. The molecule has 4 aromatic rings. The van der Waals surface area contributed by atoms with E-state index in [1.54, 1.807) is 6.20 Å². The molecule has 26 heavy (non-hydrogen) atoms. The Morgan fingerprint density at radius 2 is 1.88 bits per heavy atom. The number of furan rings is 1. The molecule has 0 unspecified atom stereocenters. The standard InChI is InChI=1S/C23H22N2O/c1-15-12-21(25-14-17(15)13-16-6-2-3-7-16)20-9-4-8-18-19-10-5-11-24-23(19)26-22(18)20/h4-5,8-12,14,16H,2-3,6-7,13H2,1H3. The minimum absolute atomic E-state index is 0.685. The molecule has 130 valence electrons. The summed E-state index contributed by atoms with van der Waals surface area (Å²) in [4.78, 5) is 9.15. The Kier molecular flexibility index (Phi) is 3.74. The molecule has 0 atom stereocenters. The summed E-state index contributed by atoms with van der Waals surface area (Å²) in [6.07, 6.45) is 10.5. The lowest BCUT2D eigenvalue weighted by Gasteiger charge is -2.12. The van der Waals surface area contributed by atoms with Gasteiger partial charge in [0.05, 0.1) is 5.69 Å². The van der Waals surface area contributed by atoms with Crippen molar-refractivity contribution in [3.05, 3.63) is 59.9 Å². The molecular weight excluding hydrogens is 320 g/mol. The van der Waals surface area contributed by atoms with Gasteiger partial charge in [-0.2, -0.15) is 0 Å². The van der Waals surface area contributed by atoms with Crippen LogP contribution in [-0.2, 0) is 6.42 Å². The van der Waals surface area contributed by atoms with Crippen molar-refractivity contribution in [3.8, 4) is 11.3 Å². The Morgan fingerprint density at radius 3 is 2.73 bits per heavy atom.